The average molecular weight is 355 g/mol. The summed E-state index contributed by atoms with van der Waals surface area (Å²) in [7, 11) is 4.44. The minimum atomic E-state index is -1.08. The molecule has 2 heterocycles. The van der Waals surface area contributed by atoms with Crippen molar-refractivity contribution in [2.24, 2.45) is 5.92 Å². The summed E-state index contributed by atoms with van der Waals surface area (Å²) in [6.07, 6.45) is 0.415. The first-order valence-corrected chi connectivity index (χ1v) is 7.81. The lowest BCUT2D eigenvalue weighted by Crippen LogP contribution is -2.57. The van der Waals surface area contributed by atoms with Crippen LogP contribution < -0.4 is 5.32 Å². The molecule has 0 radical (unpaired) electrons. The summed E-state index contributed by atoms with van der Waals surface area (Å²) < 4.78 is 6.62. The number of imide groups is 1. The monoisotopic (exact) mass is 355 g/mol. The number of hydrogen-bond acceptors (Lipinski definition) is 6. The molecular formula is C15H23N4O6+. The molecule has 2 unspecified atom stereocenters. The molecule has 138 valence electrons. The van der Waals surface area contributed by atoms with E-state index in [-0.39, 0.29) is 25.4 Å². The second-order valence-electron chi connectivity index (χ2n) is 5.82. The highest BCUT2D eigenvalue weighted by molar-refractivity contribution is 6.19. The molecule has 0 aliphatic carbocycles. The number of nitrogens with zero attached hydrogens (tertiary/aromatic N) is 3. The Morgan fingerprint density at radius 1 is 1.40 bits per heavy atom. The van der Waals surface area contributed by atoms with Gasteiger partial charge >= 0.3 is 6.03 Å². The van der Waals surface area contributed by atoms with E-state index < -0.39 is 36.5 Å². The molecule has 4 amide bonds. The van der Waals surface area contributed by atoms with E-state index >= 15 is 0 Å². The molecule has 0 saturated carbocycles. The Hall–Kier alpha value is -2.30. The molecule has 10 heteroatoms. The second kappa shape index (κ2) is 7.72. The van der Waals surface area contributed by atoms with Crippen LogP contribution in [0.4, 0.5) is 4.79 Å². The maximum atomic E-state index is 12.5. The molecule has 0 aromatic rings. The lowest BCUT2D eigenvalue weighted by atomic mass is 10.0. The zero-order chi connectivity index (χ0) is 18.7. The van der Waals surface area contributed by atoms with Gasteiger partial charge in [0.15, 0.2) is 11.6 Å². The fourth-order valence-electron chi connectivity index (χ4n) is 2.79. The Kier molecular flexibility index (Phi) is 5.88. The standard InChI is InChI=1S/C15H22N4O6/c1-17-13-10(14(23)18(2)15(17)24)6-11(19(13)4-5-25-3)12(22)16-7-9(21)8-20/h6,9-10,20-21H,4-5,7-8H2,1-3H3/p+1. The number of urea groups is 1. The third kappa shape index (κ3) is 3.55. The summed E-state index contributed by atoms with van der Waals surface area (Å²) in [5.41, 5.74) is 0.200. The van der Waals surface area contributed by atoms with E-state index in [1.54, 1.807) is 4.58 Å². The first-order valence-electron chi connectivity index (χ1n) is 7.81. The van der Waals surface area contributed by atoms with Crippen molar-refractivity contribution in [2.75, 3.05) is 47.5 Å². The average Bonchev–Trinajstić information content (AvgIpc) is 3.00. The first kappa shape index (κ1) is 19.0. The molecule has 2 aliphatic rings. The largest absolute Gasteiger partial charge is 0.417 e. The molecule has 0 bridgehead atoms. The van der Waals surface area contributed by atoms with Gasteiger partial charge in [-0.15, -0.1) is 0 Å². The first-order chi connectivity index (χ1) is 11.8. The molecule has 1 saturated heterocycles. The SMILES string of the molecule is COCC[N+]1=C2C(C=C1C(=O)NCC(O)CO)C(=O)N(C)C(=O)N2C. The van der Waals surface area contributed by atoms with Gasteiger partial charge in [-0.25, -0.2) is 14.3 Å². The van der Waals surface area contributed by atoms with Crippen molar-refractivity contribution in [3.8, 4) is 0 Å². The second-order valence-corrected chi connectivity index (χ2v) is 5.82. The molecule has 25 heavy (non-hydrogen) atoms. The summed E-state index contributed by atoms with van der Waals surface area (Å²) in [5, 5.41) is 20.7. The summed E-state index contributed by atoms with van der Waals surface area (Å²) in [6.45, 7) is -0.0500. The topological polar surface area (TPSA) is 122 Å². The molecule has 10 nitrogen and oxygen atoms in total. The zero-order valence-electron chi connectivity index (χ0n) is 14.4. The Balaban J connectivity index is 2.35. The lowest BCUT2D eigenvalue weighted by Gasteiger charge is -2.27. The van der Waals surface area contributed by atoms with Crippen LogP contribution in [-0.2, 0) is 14.3 Å². The normalized spacial score (nSPS) is 21.5. The highest BCUT2D eigenvalue weighted by Crippen LogP contribution is 2.25. The predicted octanol–water partition coefficient (Wildman–Crippen LogP) is -2.45. The lowest BCUT2D eigenvalue weighted by molar-refractivity contribution is -0.476. The predicted molar refractivity (Wildman–Crippen MR) is 85.6 cm³/mol. The molecule has 3 N–H and O–H groups in total. The molecule has 2 aliphatic heterocycles. The van der Waals surface area contributed by atoms with Gasteiger partial charge in [-0.05, 0) is 6.08 Å². The number of aliphatic hydroxyl groups is 2. The number of nitrogens with one attached hydrogen (secondary N) is 1. The Bertz CT molecular complexity index is 644. The van der Waals surface area contributed by atoms with Gasteiger partial charge < -0.3 is 20.3 Å². The van der Waals surface area contributed by atoms with E-state index in [0.717, 1.165) is 4.90 Å². The summed E-state index contributed by atoms with van der Waals surface area (Å²) in [5.74, 6) is -1.27. The van der Waals surface area contributed by atoms with Crippen LogP contribution >= 0.6 is 0 Å². The van der Waals surface area contributed by atoms with Crippen molar-refractivity contribution in [2.45, 2.75) is 6.10 Å². The third-order valence-corrected chi connectivity index (χ3v) is 4.14. The van der Waals surface area contributed by atoms with Crippen LogP contribution in [0.5, 0.6) is 0 Å². The number of methoxy groups -OCH3 is 1. The summed E-state index contributed by atoms with van der Waals surface area (Å²) >= 11 is 0. The molecular weight excluding hydrogens is 332 g/mol. The van der Waals surface area contributed by atoms with E-state index in [9.17, 15) is 19.5 Å². The number of hydrogen-bond donors (Lipinski definition) is 3. The molecule has 1 fully saturated rings. The van der Waals surface area contributed by atoms with Gasteiger partial charge in [-0.2, -0.15) is 4.90 Å². The molecule has 0 spiro atoms. The van der Waals surface area contributed by atoms with Crippen LogP contribution in [0.3, 0.4) is 0 Å². The van der Waals surface area contributed by atoms with Gasteiger partial charge in [0, 0.05) is 20.7 Å². The Morgan fingerprint density at radius 3 is 2.68 bits per heavy atom. The number of amides is 4. The van der Waals surface area contributed by atoms with Gasteiger partial charge in [0.25, 0.3) is 17.6 Å². The molecule has 0 aromatic carbocycles. The van der Waals surface area contributed by atoms with Crippen molar-refractivity contribution in [1.29, 1.82) is 0 Å². The van der Waals surface area contributed by atoms with Gasteiger partial charge in [0.1, 0.15) is 6.54 Å². The number of ether oxygens (including phenoxy) is 1. The van der Waals surface area contributed by atoms with Crippen LogP contribution in [-0.4, -0.2) is 102 Å². The quantitative estimate of drug-likeness (QED) is 0.436. The van der Waals surface area contributed by atoms with E-state index in [1.807, 2.05) is 0 Å². The van der Waals surface area contributed by atoms with Crippen LogP contribution in [0.1, 0.15) is 0 Å². The van der Waals surface area contributed by atoms with E-state index in [1.165, 1.54) is 32.2 Å². The Labute approximate surface area is 145 Å². The minimum Gasteiger partial charge on any atom is -0.394 e. The minimum absolute atomic E-state index is 0.132. The number of carbonyl (C=O) groups is 3. The van der Waals surface area contributed by atoms with Crippen molar-refractivity contribution < 1.29 is 33.9 Å². The van der Waals surface area contributed by atoms with E-state index in [0.29, 0.717) is 5.84 Å². The van der Waals surface area contributed by atoms with Crippen LogP contribution in [0, 0.1) is 5.92 Å². The van der Waals surface area contributed by atoms with E-state index in [4.69, 9.17) is 9.84 Å². The zero-order valence-corrected chi connectivity index (χ0v) is 14.4. The number of amidine groups is 1. The van der Waals surface area contributed by atoms with Crippen molar-refractivity contribution >= 4 is 23.7 Å². The molecule has 0 aromatic heterocycles. The van der Waals surface area contributed by atoms with Gasteiger partial charge in [0.2, 0.25) is 0 Å². The van der Waals surface area contributed by atoms with Crippen molar-refractivity contribution in [1.82, 2.24) is 15.1 Å². The number of aliphatic hydroxyl groups excluding tert-OH is 2. The van der Waals surface area contributed by atoms with Crippen molar-refractivity contribution in [3.05, 3.63) is 11.8 Å². The summed E-state index contributed by atoms with van der Waals surface area (Å²) in [4.78, 5) is 39.4. The fourth-order valence-corrected chi connectivity index (χ4v) is 2.79. The van der Waals surface area contributed by atoms with Crippen molar-refractivity contribution in [3.63, 3.8) is 0 Å². The highest BCUT2D eigenvalue weighted by Gasteiger charge is 2.51. The number of rotatable bonds is 7. The van der Waals surface area contributed by atoms with Gasteiger partial charge in [-0.1, -0.05) is 0 Å². The van der Waals surface area contributed by atoms with Crippen LogP contribution in [0.25, 0.3) is 0 Å². The van der Waals surface area contributed by atoms with Crippen LogP contribution in [0.2, 0.25) is 0 Å². The van der Waals surface area contributed by atoms with Gasteiger partial charge in [-0.3, -0.25) is 9.59 Å². The maximum Gasteiger partial charge on any atom is 0.417 e. The maximum absolute atomic E-state index is 12.5. The smallest absolute Gasteiger partial charge is 0.394 e. The van der Waals surface area contributed by atoms with Gasteiger partial charge in [0.05, 0.1) is 26.4 Å². The summed E-state index contributed by atoms with van der Waals surface area (Å²) in [6, 6.07) is -0.482. The molecule has 2 rings (SSSR count). The number of carbonyl (C=O) groups excluding carboxylic acids is 3. The fraction of sp³-hybridized carbons (Fsp3) is 0.600. The Morgan fingerprint density at radius 2 is 2.08 bits per heavy atom. The molecule has 2 atom stereocenters. The van der Waals surface area contributed by atoms with Crippen LogP contribution in [0.15, 0.2) is 11.8 Å². The van der Waals surface area contributed by atoms with E-state index in [2.05, 4.69) is 5.32 Å². The highest BCUT2D eigenvalue weighted by atomic mass is 16.5. The third-order valence-electron chi connectivity index (χ3n) is 4.14. The number of fused-ring (bicyclic) bond motifs is 1.